The molecule has 4 nitrogen and oxygen atoms in total. The van der Waals surface area contributed by atoms with Gasteiger partial charge < -0.3 is 9.73 Å². The van der Waals surface area contributed by atoms with E-state index in [1.165, 1.54) is 6.08 Å². The molecule has 0 fully saturated rings. The van der Waals surface area contributed by atoms with E-state index < -0.39 is 5.91 Å². The molecule has 0 radical (unpaired) electrons. The molecular weight excluding hydrogens is 451 g/mol. The summed E-state index contributed by atoms with van der Waals surface area (Å²) in [6, 6.07) is 17.3. The van der Waals surface area contributed by atoms with Gasteiger partial charge in [0.25, 0.3) is 5.91 Å². The lowest BCUT2D eigenvalue weighted by molar-refractivity contribution is -0.112. The Morgan fingerprint density at radius 2 is 1.85 bits per heavy atom. The number of carbonyl (C=O) groups excluding carboxylic acids is 1. The smallest absolute Gasteiger partial charge is 0.266 e. The molecule has 0 saturated carbocycles. The van der Waals surface area contributed by atoms with E-state index in [0.29, 0.717) is 32.8 Å². The van der Waals surface area contributed by atoms with E-state index in [4.69, 9.17) is 27.6 Å². The van der Waals surface area contributed by atoms with Gasteiger partial charge in [-0.3, -0.25) is 4.79 Å². The predicted molar refractivity (Wildman–Crippen MR) is 111 cm³/mol. The molecule has 0 unspecified atom stereocenters. The first-order valence-electron chi connectivity index (χ1n) is 7.70. The summed E-state index contributed by atoms with van der Waals surface area (Å²) in [5.41, 5.74) is 1.16. The van der Waals surface area contributed by atoms with Crippen LogP contribution in [0.15, 0.2) is 69.1 Å². The minimum atomic E-state index is -0.526. The van der Waals surface area contributed by atoms with Crippen LogP contribution in [0.2, 0.25) is 10.0 Å². The monoisotopic (exact) mass is 460 g/mol. The molecule has 0 spiro atoms. The van der Waals surface area contributed by atoms with Crippen LogP contribution in [0.4, 0.5) is 5.69 Å². The first kappa shape index (κ1) is 19.2. The first-order valence-corrected chi connectivity index (χ1v) is 9.25. The van der Waals surface area contributed by atoms with Gasteiger partial charge in [-0.2, -0.15) is 5.26 Å². The summed E-state index contributed by atoms with van der Waals surface area (Å²) in [7, 11) is 0. The average Bonchev–Trinajstić information content (AvgIpc) is 3.09. The molecule has 0 atom stereocenters. The van der Waals surface area contributed by atoms with Gasteiger partial charge in [0.05, 0.1) is 5.02 Å². The first-order chi connectivity index (χ1) is 13.0. The van der Waals surface area contributed by atoms with Crippen LogP contribution < -0.4 is 5.32 Å². The molecule has 27 heavy (non-hydrogen) atoms. The van der Waals surface area contributed by atoms with E-state index in [0.717, 1.165) is 4.47 Å². The van der Waals surface area contributed by atoms with Crippen molar-refractivity contribution in [2.24, 2.45) is 0 Å². The van der Waals surface area contributed by atoms with Crippen molar-refractivity contribution in [3.05, 3.63) is 80.4 Å². The van der Waals surface area contributed by atoms with Crippen molar-refractivity contribution in [2.75, 3.05) is 5.32 Å². The third-order valence-electron chi connectivity index (χ3n) is 3.58. The van der Waals surface area contributed by atoms with Crippen LogP contribution in [0.3, 0.4) is 0 Å². The predicted octanol–water partition coefficient (Wildman–Crippen LogP) is 6.56. The Bertz CT molecular complexity index is 1070. The number of amides is 1. The molecule has 0 aliphatic heterocycles. The molecule has 3 aromatic rings. The Morgan fingerprint density at radius 1 is 1.11 bits per heavy atom. The van der Waals surface area contributed by atoms with Gasteiger partial charge in [0, 0.05) is 26.8 Å². The van der Waals surface area contributed by atoms with Crippen molar-refractivity contribution >= 4 is 56.8 Å². The molecule has 7 heteroatoms. The summed E-state index contributed by atoms with van der Waals surface area (Å²) in [5.74, 6) is 0.342. The lowest BCUT2D eigenvalue weighted by atomic mass is 10.2. The van der Waals surface area contributed by atoms with Gasteiger partial charge >= 0.3 is 0 Å². The fraction of sp³-hybridized carbons (Fsp3) is 0. The quantitative estimate of drug-likeness (QED) is 0.353. The standard InChI is InChI=1S/C20H11BrCl2N2O2/c21-13-1-4-15(5-2-13)25-20(26)12(11-24)9-16-6-8-19(27-16)17-7-3-14(22)10-18(17)23/h1-10H,(H,25,26)/b12-9+. The van der Waals surface area contributed by atoms with E-state index in [-0.39, 0.29) is 5.57 Å². The number of hydrogen-bond donors (Lipinski definition) is 1. The fourth-order valence-electron chi connectivity index (χ4n) is 2.29. The fourth-order valence-corrected chi connectivity index (χ4v) is 3.05. The van der Waals surface area contributed by atoms with E-state index in [1.807, 2.05) is 6.07 Å². The molecular formula is C20H11BrCl2N2O2. The highest BCUT2D eigenvalue weighted by molar-refractivity contribution is 9.10. The van der Waals surface area contributed by atoms with Crippen LogP contribution in [-0.4, -0.2) is 5.91 Å². The zero-order chi connectivity index (χ0) is 19.4. The summed E-state index contributed by atoms with van der Waals surface area (Å²) in [6.07, 6.45) is 1.38. The SMILES string of the molecule is N#C/C(=C\c1ccc(-c2ccc(Cl)cc2Cl)o1)C(=O)Nc1ccc(Br)cc1. The van der Waals surface area contributed by atoms with Crippen LogP contribution >= 0.6 is 39.1 Å². The zero-order valence-electron chi connectivity index (χ0n) is 13.7. The van der Waals surface area contributed by atoms with Crippen molar-refractivity contribution < 1.29 is 9.21 Å². The molecule has 134 valence electrons. The second kappa shape index (κ2) is 8.45. The molecule has 0 aliphatic carbocycles. The maximum atomic E-state index is 12.3. The summed E-state index contributed by atoms with van der Waals surface area (Å²) >= 11 is 15.4. The number of anilines is 1. The molecule has 3 rings (SSSR count). The van der Waals surface area contributed by atoms with Crippen LogP contribution in [-0.2, 0) is 4.79 Å². The molecule has 2 aromatic carbocycles. The minimum absolute atomic E-state index is 0.0824. The van der Waals surface area contributed by atoms with Crippen molar-refractivity contribution in [1.29, 1.82) is 5.26 Å². The Hall–Kier alpha value is -2.52. The molecule has 0 saturated heterocycles. The summed E-state index contributed by atoms with van der Waals surface area (Å²) in [5, 5.41) is 12.9. The highest BCUT2D eigenvalue weighted by atomic mass is 79.9. The maximum Gasteiger partial charge on any atom is 0.266 e. The van der Waals surface area contributed by atoms with Gasteiger partial charge in [-0.05, 0) is 54.6 Å². The van der Waals surface area contributed by atoms with Gasteiger partial charge in [0.1, 0.15) is 23.2 Å². The van der Waals surface area contributed by atoms with Gasteiger partial charge in [0.15, 0.2) is 0 Å². The summed E-state index contributed by atoms with van der Waals surface area (Å²) in [6.45, 7) is 0. The molecule has 1 N–H and O–H groups in total. The molecule has 1 heterocycles. The number of nitrogens with one attached hydrogen (secondary N) is 1. The second-order valence-electron chi connectivity index (χ2n) is 5.46. The number of nitrogens with zero attached hydrogens (tertiary/aromatic N) is 1. The second-order valence-corrected chi connectivity index (χ2v) is 7.22. The van der Waals surface area contributed by atoms with Crippen LogP contribution in [0.5, 0.6) is 0 Å². The Morgan fingerprint density at radius 3 is 2.52 bits per heavy atom. The maximum absolute atomic E-state index is 12.3. The van der Waals surface area contributed by atoms with Crippen molar-refractivity contribution in [2.45, 2.75) is 0 Å². The Kier molecular flexibility index (Phi) is 6.02. The number of benzene rings is 2. The summed E-state index contributed by atoms with van der Waals surface area (Å²) in [4.78, 5) is 12.3. The highest BCUT2D eigenvalue weighted by Gasteiger charge is 2.13. The minimum Gasteiger partial charge on any atom is -0.457 e. The Balaban J connectivity index is 1.82. The van der Waals surface area contributed by atoms with E-state index in [9.17, 15) is 10.1 Å². The van der Waals surface area contributed by atoms with E-state index in [2.05, 4.69) is 21.2 Å². The molecule has 0 aliphatic rings. The van der Waals surface area contributed by atoms with E-state index >= 15 is 0 Å². The number of halogens is 3. The van der Waals surface area contributed by atoms with Gasteiger partial charge in [-0.25, -0.2) is 0 Å². The third-order valence-corrected chi connectivity index (χ3v) is 4.65. The molecule has 0 bridgehead atoms. The molecule has 1 amide bonds. The number of rotatable bonds is 4. The van der Waals surface area contributed by atoms with Crippen molar-refractivity contribution in [3.63, 3.8) is 0 Å². The lowest BCUT2D eigenvalue weighted by Crippen LogP contribution is -2.13. The normalized spacial score (nSPS) is 11.1. The van der Waals surface area contributed by atoms with Crippen LogP contribution in [0.1, 0.15) is 5.76 Å². The lowest BCUT2D eigenvalue weighted by Gasteiger charge is -2.04. The largest absolute Gasteiger partial charge is 0.457 e. The van der Waals surface area contributed by atoms with Crippen molar-refractivity contribution in [3.8, 4) is 17.4 Å². The average molecular weight is 462 g/mol. The number of nitriles is 1. The van der Waals surface area contributed by atoms with Crippen LogP contribution in [0, 0.1) is 11.3 Å². The number of carbonyl (C=O) groups is 1. The van der Waals surface area contributed by atoms with Crippen molar-refractivity contribution in [1.82, 2.24) is 0 Å². The zero-order valence-corrected chi connectivity index (χ0v) is 16.8. The van der Waals surface area contributed by atoms with Gasteiger partial charge in [-0.1, -0.05) is 39.1 Å². The Labute approximate surface area is 174 Å². The van der Waals surface area contributed by atoms with E-state index in [1.54, 1.807) is 54.6 Å². The number of furan rings is 1. The third kappa shape index (κ3) is 4.81. The summed E-state index contributed by atoms with van der Waals surface area (Å²) < 4.78 is 6.59. The highest BCUT2D eigenvalue weighted by Crippen LogP contribution is 2.32. The molecule has 1 aromatic heterocycles. The number of hydrogen-bond acceptors (Lipinski definition) is 3. The van der Waals surface area contributed by atoms with Gasteiger partial charge in [0.2, 0.25) is 0 Å². The van der Waals surface area contributed by atoms with Crippen LogP contribution in [0.25, 0.3) is 17.4 Å². The van der Waals surface area contributed by atoms with Gasteiger partial charge in [-0.15, -0.1) is 0 Å². The topological polar surface area (TPSA) is 66.0 Å².